The quantitative estimate of drug-likeness (QED) is 0.730. The monoisotopic (exact) mass is 195 g/mol. The summed E-state index contributed by atoms with van der Waals surface area (Å²) in [4.78, 5) is 4.04. The molecule has 2 aromatic rings. The van der Waals surface area contributed by atoms with Gasteiger partial charge in [-0.3, -0.25) is 4.98 Å². The summed E-state index contributed by atoms with van der Waals surface area (Å²) < 4.78 is 0. The lowest BCUT2D eigenvalue weighted by Gasteiger charge is -1.96. The minimum Gasteiger partial charge on any atom is -0.494 e. The Labute approximate surface area is 79.2 Å². The largest absolute Gasteiger partial charge is 0.494 e. The van der Waals surface area contributed by atoms with Crippen LogP contribution in [-0.4, -0.2) is 20.3 Å². The smallest absolute Gasteiger partial charge is 0.207 e. The van der Waals surface area contributed by atoms with Gasteiger partial charge in [-0.15, -0.1) is 0 Å². The maximum Gasteiger partial charge on any atom is 0.207 e. The first-order valence-corrected chi connectivity index (χ1v) is 4.00. The molecule has 0 aliphatic heterocycles. The molecule has 2 aromatic heterocycles. The van der Waals surface area contributed by atoms with Crippen molar-refractivity contribution in [2.75, 3.05) is 0 Å². The molecule has 0 unspecified atom stereocenters. The van der Waals surface area contributed by atoms with Crippen LogP contribution < -0.4 is 0 Å². The van der Waals surface area contributed by atoms with Gasteiger partial charge in [0.25, 0.3) is 0 Å². The average Bonchev–Trinajstić information content (AvgIpc) is 2.53. The van der Waals surface area contributed by atoms with Gasteiger partial charge in [0, 0.05) is 12.3 Å². The lowest BCUT2D eigenvalue weighted by molar-refractivity contribution is 0.452. The Morgan fingerprint density at radius 3 is 2.92 bits per heavy atom. The van der Waals surface area contributed by atoms with E-state index in [1.165, 1.54) is 6.07 Å². The minimum absolute atomic E-state index is 0.00304. The van der Waals surface area contributed by atoms with Crippen LogP contribution in [-0.2, 0) is 0 Å². The van der Waals surface area contributed by atoms with Gasteiger partial charge in [0.1, 0.15) is 11.4 Å². The molecule has 0 aliphatic rings. The topological polar surface area (TPSA) is 61.8 Å². The zero-order valence-electron chi connectivity index (χ0n) is 6.53. The highest BCUT2D eigenvalue weighted by Gasteiger charge is 2.07. The molecule has 0 fully saturated rings. The Morgan fingerprint density at radius 2 is 2.31 bits per heavy atom. The highest BCUT2D eigenvalue weighted by molar-refractivity contribution is 6.32. The third-order valence-corrected chi connectivity index (χ3v) is 1.87. The zero-order valence-corrected chi connectivity index (χ0v) is 7.28. The fourth-order valence-corrected chi connectivity index (χ4v) is 1.23. The van der Waals surface area contributed by atoms with E-state index < -0.39 is 0 Å². The molecule has 13 heavy (non-hydrogen) atoms. The van der Waals surface area contributed by atoms with Crippen LogP contribution in [0.2, 0.25) is 5.02 Å². The maximum absolute atomic E-state index is 9.02. The number of hydrogen-bond donors (Lipinski definition) is 2. The molecule has 4 nitrogen and oxygen atoms in total. The number of aromatic nitrogens is 3. The number of nitrogens with one attached hydrogen (secondary N) is 1. The first-order valence-electron chi connectivity index (χ1n) is 3.62. The number of rotatable bonds is 1. The maximum atomic E-state index is 9.02. The average molecular weight is 196 g/mol. The summed E-state index contributed by atoms with van der Waals surface area (Å²) in [5.41, 5.74) is 1.09. The minimum atomic E-state index is -0.00304. The van der Waals surface area contributed by atoms with Crippen LogP contribution in [0.4, 0.5) is 0 Å². The van der Waals surface area contributed by atoms with Gasteiger partial charge in [0.05, 0.1) is 5.02 Å². The van der Waals surface area contributed by atoms with Crippen LogP contribution in [0.1, 0.15) is 0 Å². The van der Waals surface area contributed by atoms with Crippen LogP contribution >= 0.6 is 11.6 Å². The van der Waals surface area contributed by atoms with Crippen molar-refractivity contribution in [1.29, 1.82) is 0 Å². The van der Waals surface area contributed by atoms with Gasteiger partial charge >= 0.3 is 0 Å². The first-order chi connectivity index (χ1) is 6.27. The van der Waals surface area contributed by atoms with Crippen molar-refractivity contribution in [1.82, 2.24) is 15.2 Å². The number of aromatic amines is 1. The van der Waals surface area contributed by atoms with Gasteiger partial charge in [-0.25, -0.2) is 5.10 Å². The Morgan fingerprint density at radius 1 is 1.46 bits per heavy atom. The summed E-state index contributed by atoms with van der Waals surface area (Å²) >= 11 is 5.87. The summed E-state index contributed by atoms with van der Waals surface area (Å²) in [6.07, 6.45) is 1.62. The number of H-pyrrole nitrogens is 1. The first kappa shape index (κ1) is 8.07. The van der Waals surface area contributed by atoms with Crippen molar-refractivity contribution in [3.8, 4) is 17.3 Å². The summed E-state index contributed by atoms with van der Waals surface area (Å²) in [7, 11) is 0. The molecule has 0 saturated carbocycles. The fraction of sp³-hybridized carbons (Fsp3) is 0. The van der Waals surface area contributed by atoms with Crippen molar-refractivity contribution in [3.05, 3.63) is 29.4 Å². The van der Waals surface area contributed by atoms with E-state index in [9.17, 15) is 0 Å². The molecule has 0 aromatic carbocycles. The van der Waals surface area contributed by atoms with Crippen LogP contribution in [0.3, 0.4) is 0 Å². The van der Waals surface area contributed by atoms with Gasteiger partial charge in [-0.1, -0.05) is 11.6 Å². The second-order valence-electron chi connectivity index (χ2n) is 2.47. The van der Waals surface area contributed by atoms with Gasteiger partial charge in [-0.05, 0) is 12.1 Å². The predicted molar refractivity (Wildman–Crippen MR) is 48.5 cm³/mol. The molecular weight excluding hydrogens is 190 g/mol. The summed E-state index contributed by atoms with van der Waals surface area (Å²) in [6, 6.07) is 4.92. The molecule has 2 N–H and O–H groups in total. The van der Waals surface area contributed by atoms with Crippen LogP contribution in [0.25, 0.3) is 11.4 Å². The third-order valence-electron chi connectivity index (χ3n) is 1.57. The van der Waals surface area contributed by atoms with E-state index in [2.05, 4.69) is 15.2 Å². The highest BCUT2D eigenvalue weighted by atomic mass is 35.5. The van der Waals surface area contributed by atoms with Crippen molar-refractivity contribution >= 4 is 11.6 Å². The number of hydrogen-bond acceptors (Lipinski definition) is 3. The normalized spacial score (nSPS) is 10.2. The lowest BCUT2D eigenvalue weighted by Crippen LogP contribution is -1.83. The summed E-state index contributed by atoms with van der Waals surface area (Å²) in [6.45, 7) is 0. The number of halogens is 1. The van der Waals surface area contributed by atoms with Crippen LogP contribution in [0.5, 0.6) is 5.88 Å². The van der Waals surface area contributed by atoms with E-state index in [0.717, 1.165) is 0 Å². The number of aromatic hydroxyl groups is 1. The fourth-order valence-electron chi connectivity index (χ4n) is 1.01. The van der Waals surface area contributed by atoms with Gasteiger partial charge in [0.2, 0.25) is 5.88 Å². The molecule has 0 saturated heterocycles. The van der Waals surface area contributed by atoms with E-state index in [1.54, 1.807) is 18.3 Å². The van der Waals surface area contributed by atoms with Crippen molar-refractivity contribution in [2.24, 2.45) is 0 Å². The van der Waals surface area contributed by atoms with E-state index in [4.69, 9.17) is 16.7 Å². The Bertz CT molecular complexity index is 427. The second-order valence-corrected chi connectivity index (χ2v) is 2.88. The molecule has 0 aliphatic carbocycles. The molecule has 0 atom stereocenters. The van der Waals surface area contributed by atoms with Gasteiger partial charge in [0.15, 0.2) is 0 Å². The zero-order chi connectivity index (χ0) is 9.26. The highest BCUT2D eigenvalue weighted by Crippen LogP contribution is 2.24. The molecule has 0 spiro atoms. The van der Waals surface area contributed by atoms with Crippen molar-refractivity contribution in [3.63, 3.8) is 0 Å². The van der Waals surface area contributed by atoms with E-state index in [1.807, 2.05) is 0 Å². The lowest BCUT2D eigenvalue weighted by atomic mass is 10.3. The molecular formula is C8H6ClN3O. The Hall–Kier alpha value is -1.55. The van der Waals surface area contributed by atoms with Crippen molar-refractivity contribution < 1.29 is 5.11 Å². The standard InChI is InChI=1S/C8H6ClN3O/c9-5-2-1-3-10-8(5)6-4-7(13)12-11-6/h1-4H,(H2,11,12,13). The van der Waals surface area contributed by atoms with Gasteiger partial charge in [-0.2, -0.15) is 5.10 Å². The molecule has 2 rings (SSSR count). The molecule has 66 valence electrons. The Balaban J connectivity index is 2.52. The molecule has 0 radical (unpaired) electrons. The SMILES string of the molecule is Oc1cc(-c2ncccc2Cl)n[nH]1. The summed E-state index contributed by atoms with van der Waals surface area (Å²) in [5.74, 6) is -0.00304. The van der Waals surface area contributed by atoms with E-state index >= 15 is 0 Å². The van der Waals surface area contributed by atoms with E-state index in [-0.39, 0.29) is 5.88 Å². The van der Waals surface area contributed by atoms with Gasteiger partial charge < -0.3 is 5.11 Å². The molecule has 5 heteroatoms. The van der Waals surface area contributed by atoms with Crippen LogP contribution in [0.15, 0.2) is 24.4 Å². The second kappa shape index (κ2) is 3.06. The predicted octanol–water partition coefficient (Wildman–Crippen LogP) is 1.83. The number of nitrogens with zero attached hydrogens (tertiary/aromatic N) is 2. The number of pyridine rings is 1. The van der Waals surface area contributed by atoms with Crippen LogP contribution in [0, 0.1) is 0 Å². The van der Waals surface area contributed by atoms with E-state index in [0.29, 0.717) is 16.4 Å². The summed E-state index contributed by atoms with van der Waals surface area (Å²) in [5, 5.41) is 15.8. The molecule has 0 amide bonds. The van der Waals surface area contributed by atoms with Crippen molar-refractivity contribution in [2.45, 2.75) is 0 Å². The Kier molecular flexibility index (Phi) is 1.90. The molecule has 0 bridgehead atoms. The molecule has 2 heterocycles. The third kappa shape index (κ3) is 1.48.